The van der Waals surface area contributed by atoms with E-state index in [-0.39, 0.29) is 17.9 Å². The molecule has 1 saturated heterocycles. The lowest BCUT2D eigenvalue weighted by Gasteiger charge is -2.31. The van der Waals surface area contributed by atoms with Crippen molar-refractivity contribution in [1.29, 1.82) is 5.26 Å². The quantitative estimate of drug-likeness (QED) is 0.673. The van der Waals surface area contributed by atoms with E-state index in [1.54, 1.807) is 18.2 Å². The normalized spacial score (nSPS) is 14.5. The van der Waals surface area contributed by atoms with Gasteiger partial charge in [0.25, 0.3) is 5.91 Å². The van der Waals surface area contributed by atoms with E-state index in [2.05, 4.69) is 25.3 Å². The van der Waals surface area contributed by atoms with Gasteiger partial charge in [0.1, 0.15) is 11.9 Å². The van der Waals surface area contributed by atoms with Crippen molar-refractivity contribution >= 4 is 17.5 Å². The summed E-state index contributed by atoms with van der Waals surface area (Å²) in [6.07, 6.45) is 0.0446. The summed E-state index contributed by atoms with van der Waals surface area (Å²) in [5.74, 6) is -0.639. The molecule has 0 radical (unpaired) electrons. The number of nitrogens with zero attached hydrogens (tertiary/aromatic N) is 6. The minimum absolute atomic E-state index is 0.136. The van der Waals surface area contributed by atoms with Gasteiger partial charge in [-0.2, -0.15) is 23.4 Å². The molecule has 1 fully saturated rings. The highest BCUT2D eigenvalue weighted by molar-refractivity contribution is 5.94. The predicted octanol–water partition coefficient (Wildman–Crippen LogP) is 3.95. The summed E-state index contributed by atoms with van der Waals surface area (Å²) >= 11 is 0. The highest BCUT2D eigenvalue weighted by Gasteiger charge is 2.35. The number of halogens is 3. The van der Waals surface area contributed by atoms with E-state index in [1.165, 1.54) is 17.6 Å². The molecule has 176 valence electrons. The number of pyridine rings is 1. The molecule has 0 spiro atoms. The molecule has 2 aromatic heterocycles. The van der Waals surface area contributed by atoms with Gasteiger partial charge in [0.05, 0.1) is 5.56 Å². The molecule has 11 heteroatoms. The summed E-state index contributed by atoms with van der Waals surface area (Å²) in [7, 11) is 0. The monoisotopic (exact) mass is 461 g/mol. The fourth-order valence-electron chi connectivity index (χ4n) is 3.44. The highest BCUT2D eigenvalue weighted by Crippen LogP contribution is 2.30. The van der Waals surface area contributed by atoms with Crippen molar-refractivity contribution in [2.24, 2.45) is 5.41 Å². The molecule has 1 aliphatic rings. The third-order valence-electron chi connectivity index (χ3n) is 4.94. The second-order valence-corrected chi connectivity index (χ2v) is 9.09. The first-order valence-electron chi connectivity index (χ1n) is 10.6. The average molecular weight is 461 g/mol. The van der Waals surface area contributed by atoms with Crippen molar-refractivity contribution in [3.8, 4) is 6.07 Å². The summed E-state index contributed by atoms with van der Waals surface area (Å²) in [6.45, 7) is 7.54. The molecule has 3 rings (SSSR count). The third kappa shape index (κ3) is 6.54. The fourth-order valence-corrected chi connectivity index (χ4v) is 3.44. The van der Waals surface area contributed by atoms with Gasteiger partial charge < -0.3 is 4.90 Å². The first-order valence-corrected chi connectivity index (χ1v) is 10.6. The van der Waals surface area contributed by atoms with Gasteiger partial charge in [0.15, 0.2) is 11.5 Å². The molecule has 33 heavy (non-hydrogen) atoms. The summed E-state index contributed by atoms with van der Waals surface area (Å²) in [5.41, 5.74) is 1.18. The van der Waals surface area contributed by atoms with Crippen LogP contribution in [-0.2, 0) is 6.18 Å². The minimum atomic E-state index is -4.77. The number of anilines is 2. The maximum Gasteiger partial charge on any atom is 0.433 e. The van der Waals surface area contributed by atoms with E-state index in [0.29, 0.717) is 6.07 Å². The van der Waals surface area contributed by atoms with Crippen LogP contribution in [-0.4, -0.2) is 40.5 Å². The summed E-state index contributed by atoms with van der Waals surface area (Å²) in [5, 5.41) is 10.3. The van der Waals surface area contributed by atoms with Crippen LogP contribution < -0.4 is 15.3 Å². The van der Waals surface area contributed by atoms with Crippen molar-refractivity contribution in [3.63, 3.8) is 0 Å². The van der Waals surface area contributed by atoms with E-state index in [0.717, 1.165) is 31.7 Å². The van der Waals surface area contributed by atoms with Gasteiger partial charge in [-0.25, -0.2) is 9.97 Å². The van der Waals surface area contributed by atoms with E-state index >= 15 is 0 Å². The Morgan fingerprint density at radius 3 is 2.42 bits per heavy atom. The molecule has 0 atom stereocenters. The molecule has 0 aromatic carbocycles. The van der Waals surface area contributed by atoms with Crippen molar-refractivity contribution < 1.29 is 18.0 Å². The SMILES string of the molecule is CC(C)(C)CN(NC(=O)c1ccc(N2CCCCC2)nc1)c1cc(C(F)(F)F)nc(C#N)n1. The molecule has 1 N–H and O–H groups in total. The van der Waals surface area contributed by atoms with Crippen LogP contribution in [0.5, 0.6) is 0 Å². The number of carbonyl (C=O) groups excluding carboxylic acids is 1. The van der Waals surface area contributed by atoms with Gasteiger partial charge in [0.2, 0.25) is 5.82 Å². The number of amides is 1. The highest BCUT2D eigenvalue weighted by atomic mass is 19.4. The fraction of sp³-hybridized carbons (Fsp3) is 0.500. The van der Waals surface area contributed by atoms with Crippen molar-refractivity contribution in [2.75, 3.05) is 29.5 Å². The smallest absolute Gasteiger partial charge is 0.357 e. The zero-order valence-corrected chi connectivity index (χ0v) is 18.8. The number of hydrogen-bond acceptors (Lipinski definition) is 7. The Kier molecular flexibility index (Phi) is 7.05. The van der Waals surface area contributed by atoms with Crippen LogP contribution in [0.1, 0.15) is 61.9 Å². The average Bonchev–Trinajstić information content (AvgIpc) is 2.77. The number of nitrogens with one attached hydrogen (secondary N) is 1. The number of rotatable bonds is 5. The van der Waals surface area contributed by atoms with Crippen LogP contribution in [0.4, 0.5) is 24.8 Å². The largest absolute Gasteiger partial charge is 0.433 e. The molecule has 1 aliphatic heterocycles. The lowest BCUT2D eigenvalue weighted by Crippen LogP contribution is -2.47. The first-order chi connectivity index (χ1) is 15.5. The number of carbonyl (C=O) groups is 1. The van der Waals surface area contributed by atoms with Gasteiger partial charge in [-0.05, 0) is 36.8 Å². The van der Waals surface area contributed by atoms with Crippen LogP contribution in [0.3, 0.4) is 0 Å². The number of alkyl halides is 3. The van der Waals surface area contributed by atoms with E-state index in [1.807, 2.05) is 20.8 Å². The standard InChI is InChI=1S/C22H26F3N7O/c1-21(2,3)14-32(19-11-16(22(23,24)25)28-17(12-26)29-19)30-20(33)15-7-8-18(27-13-15)31-9-5-4-6-10-31/h7-8,11,13H,4-6,9-10,14H2,1-3H3,(H,30,33). The number of hydrazine groups is 1. The maximum absolute atomic E-state index is 13.3. The van der Waals surface area contributed by atoms with Gasteiger partial charge in [0, 0.05) is 31.9 Å². The van der Waals surface area contributed by atoms with Gasteiger partial charge >= 0.3 is 6.18 Å². The first kappa shape index (κ1) is 24.2. The van der Waals surface area contributed by atoms with E-state index in [9.17, 15) is 18.0 Å². The van der Waals surface area contributed by atoms with E-state index < -0.39 is 29.0 Å². The van der Waals surface area contributed by atoms with Crippen molar-refractivity contribution in [1.82, 2.24) is 20.4 Å². The number of piperidine rings is 1. The summed E-state index contributed by atoms with van der Waals surface area (Å²) in [6, 6.07) is 5.64. The van der Waals surface area contributed by atoms with Gasteiger partial charge in [-0.1, -0.05) is 20.8 Å². The molecule has 2 aromatic rings. The molecule has 0 unspecified atom stereocenters. The molecule has 8 nitrogen and oxygen atoms in total. The third-order valence-corrected chi connectivity index (χ3v) is 4.94. The van der Waals surface area contributed by atoms with Crippen LogP contribution in [0.15, 0.2) is 24.4 Å². The topological polar surface area (TPSA) is 98.0 Å². The molecule has 0 saturated carbocycles. The Labute approximate surface area is 190 Å². The van der Waals surface area contributed by atoms with Crippen LogP contribution in [0.25, 0.3) is 0 Å². The Balaban J connectivity index is 1.86. The Morgan fingerprint density at radius 1 is 1.18 bits per heavy atom. The van der Waals surface area contributed by atoms with Crippen LogP contribution in [0.2, 0.25) is 0 Å². The van der Waals surface area contributed by atoms with Crippen LogP contribution >= 0.6 is 0 Å². The minimum Gasteiger partial charge on any atom is -0.357 e. The van der Waals surface area contributed by atoms with Gasteiger partial charge in [-0.15, -0.1) is 0 Å². The van der Waals surface area contributed by atoms with Crippen molar-refractivity contribution in [2.45, 2.75) is 46.2 Å². The Hall–Kier alpha value is -3.42. The molecule has 1 amide bonds. The van der Waals surface area contributed by atoms with Gasteiger partial charge in [-0.3, -0.25) is 15.2 Å². The number of aromatic nitrogens is 3. The summed E-state index contributed by atoms with van der Waals surface area (Å²) in [4.78, 5) is 26.6. The molecule has 0 bridgehead atoms. The van der Waals surface area contributed by atoms with Crippen molar-refractivity contribution in [3.05, 3.63) is 41.5 Å². The molecular weight excluding hydrogens is 435 g/mol. The molecule has 0 aliphatic carbocycles. The van der Waals surface area contributed by atoms with E-state index in [4.69, 9.17) is 5.26 Å². The second-order valence-electron chi connectivity index (χ2n) is 9.09. The zero-order valence-electron chi connectivity index (χ0n) is 18.8. The maximum atomic E-state index is 13.3. The Bertz CT molecular complexity index is 1020. The van der Waals surface area contributed by atoms with Crippen LogP contribution in [0, 0.1) is 16.7 Å². The number of hydrogen-bond donors (Lipinski definition) is 1. The predicted molar refractivity (Wildman–Crippen MR) is 116 cm³/mol. The molecule has 3 heterocycles. The Morgan fingerprint density at radius 2 is 1.88 bits per heavy atom. The zero-order chi connectivity index (χ0) is 24.2. The lowest BCUT2D eigenvalue weighted by atomic mass is 9.96. The lowest BCUT2D eigenvalue weighted by molar-refractivity contribution is -0.141. The molecular formula is C22H26F3N7O. The summed E-state index contributed by atoms with van der Waals surface area (Å²) < 4.78 is 39.9. The second kappa shape index (κ2) is 9.60. The number of nitriles is 1.